The van der Waals surface area contributed by atoms with Crippen molar-refractivity contribution in [2.45, 2.75) is 19.4 Å². The summed E-state index contributed by atoms with van der Waals surface area (Å²) >= 11 is 1.69. The lowest BCUT2D eigenvalue weighted by Crippen LogP contribution is -2.37. The van der Waals surface area contributed by atoms with Crippen LogP contribution in [0.25, 0.3) is 0 Å². The van der Waals surface area contributed by atoms with Crippen LogP contribution in [0.1, 0.15) is 11.8 Å². The molecular weight excluding hydrogens is 300 g/mol. The third kappa shape index (κ3) is 4.14. The van der Waals surface area contributed by atoms with Crippen LogP contribution in [0, 0.1) is 0 Å². The molecule has 1 aromatic carbocycles. The lowest BCUT2D eigenvalue weighted by Gasteiger charge is -2.16. The van der Waals surface area contributed by atoms with Crippen LogP contribution in [0.5, 0.6) is 11.5 Å². The maximum absolute atomic E-state index is 12.1. The van der Waals surface area contributed by atoms with Gasteiger partial charge in [-0.25, -0.2) is 4.79 Å². The first-order valence-electron chi connectivity index (χ1n) is 6.95. The van der Waals surface area contributed by atoms with E-state index in [4.69, 9.17) is 9.47 Å². The summed E-state index contributed by atoms with van der Waals surface area (Å²) in [5.41, 5.74) is 0.572. The Hall–Kier alpha value is -2.21. The van der Waals surface area contributed by atoms with Crippen molar-refractivity contribution < 1.29 is 14.3 Å². The fourth-order valence-corrected chi connectivity index (χ4v) is 2.98. The van der Waals surface area contributed by atoms with Gasteiger partial charge in [0, 0.05) is 17.3 Å². The normalized spacial score (nSPS) is 11.6. The molecule has 1 aromatic heterocycles. The molecule has 2 aromatic rings. The lowest BCUT2D eigenvalue weighted by molar-refractivity contribution is 0.249. The Balaban J connectivity index is 1.97. The van der Waals surface area contributed by atoms with Crippen molar-refractivity contribution in [3.63, 3.8) is 0 Å². The Morgan fingerprint density at radius 3 is 2.68 bits per heavy atom. The molecule has 0 spiro atoms. The highest BCUT2D eigenvalue weighted by Gasteiger charge is 2.13. The van der Waals surface area contributed by atoms with Crippen molar-refractivity contribution in [3.8, 4) is 11.5 Å². The van der Waals surface area contributed by atoms with Gasteiger partial charge in [-0.1, -0.05) is 12.1 Å². The predicted molar refractivity (Wildman–Crippen MR) is 89.2 cm³/mol. The number of rotatable bonds is 6. The zero-order chi connectivity index (χ0) is 15.9. The maximum atomic E-state index is 12.1. The van der Waals surface area contributed by atoms with Crippen molar-refractivity contribution in [1.29, 1.82) is 0 Å². The molecule has 0 bridgehead atoms. The summed E-state index contributed by atoms with van der Waals surface area (Å²) in [5, 5.41) is 7.74. The second-order valence-electron chi connectivity index (χ2n) is 4.82. The molecule has 22 heavy (non-hydrogen) atoms. The molecule has 0 aliphatic heterocycles. The van der Waals surface area contributed by atoms with E-state index in [1.807, 2.05) is 18.4 Å². The minimum absolute atomic E-state index is 0.0373. The molecule has 1 atom stereocenters. The first kappa shape index (κ1) is 16.2. The van der Waals surface area contributed by atoms with Crippen LogP contribution in [-0.2, 0) is 6.42 Å². The van der Waals surface area contributed by atoms with Gasteiger partial charge in [0.1, 0.15) is 0 Å². The summed E-state index contributed by atoms with van der Waals surface area (Å²) in [5.74, 6) is 1.08. The summed E-state index contributed by atoms with van der Waals surface area (Å²) in [6.45, 7) is 1.97. The molecule has 2 rings (SSSR count). The van der Waals surface area contributed by atoms with Gasteiger partial charge in [0.05, 0.1) is 19.9 Å². The summed E-state index contributed by atoms with van der Waals surface area (Å²) in [7, 11) is 3.10. The number of nitrogens with one attached hydrogen (secondary N) is 2. The van der Waals surface area contributed by atoms with Gasteiger partial charge in [-0.05, 0) is 30.5 Å². The Bertz CT molecular complexity index is 614. The first-order valence-corrected chi connectivity index (χ1v) is 7.83. The smallest absolute Gasteiger partial charge is 0.319 e. The second kappa shape index (κ2) is 7.70. The van der Waals surface area contributed by atoms with Crippen LogP contribution >= 0.6 is 11.3 Å². The summed E-state index contributed by atoms with van der Waals surface area (Å²) < 4.78 is 10.5. The Labute approximate surface area is 134 Å². The van der Waals surface area contributed by atoms with E-state index in [-0.39, 0.29) is 12.1 Å². The van der Waals surface area contributed by atoms with Crippen molar-refractivity contribution in [2.24, 2.45) is 0 Å². The number of methoxy groups -OCH3 is 2. The van der Waals surface area contributed by atoms with Crippen molar-refractivity contribution in [3.05, 3.63) is 40.6 Å². The average Bonchev–Trinajstić information content (AvgIpc) is 2.99. The molecule has 0 aliphatic carbocycles. The number of thiophene rings is 1. The van der Waals surface area contributed by atoms with E-state index in [9.17, 15) is 4.79 Å². The van der Waals surface area contributed by atoms with E-state index in [0.717, 1.165) is 6.42 Å². The van der Waals surface area contributed by atoms with E-state index in [1.54, 1.807) is 43.8 Å². The zero-order valence-electron chi connectivity index (χ0n) is 12.9. The molecule has 0 fully saturated rings. The van der Waals surface area contributed by atoms with Gasteiger partial charge in [0.25, 0.3) is 0 Å². The van der Waals surface area contributed by atoms with Gasteiger partial charge in [-0.3, -0.25) is 0 Å². The molecule has 118 valence electrons. The van der Waals surface area contributed by atoms with Crippen LogP contribution < -0.4 is 20.1 Å². The lowest BCUT2D eigenvalue weighted by atomic mass is 10.2. The van der Waals surface area contributed by atoms with E-state index in [2.05, 4.69) is 16.7 Å². The SMILES string of the molecule is COc1cccc(NC(=O)N[C@H](C)Cc2cccs2)c1OC. The fourth-order valence-electron chi connectivity index (χ4n) is 2.15. The van der Waals surface area contributed by atoms with Crippen molar-refractivity contribution in [2.75, 3.05) is 19.5 Å². The summed E-state index contributed by atoms with van der Waals surface area (Å²) in [6.07, 6.45) is 0.806. The second-order valence-corrected chi connectivity index (χ2v) is 5.86. The fraction of sp³-hybridized carbons (Fsp3) is 0.312. The number of para-hydroxylation sites is 1. The van der Waals surface area contributed by atoms with Crippen LogP contribution in [0.4, 0.5) is 10.5 Å². The van der Waals surface area contributed by atoms with Gasteiger partial charge >= 0.3 is 6.03 Å². The molecule has 0 aliphatic rings. The molecule has 0 unspecified atom stereocenters. The minimum Gasteiger partial charge on any atom is -0.493 e. The van der Waals surface area contributed by atoms with Gasteiger partial charge in [-0.2, -0.15) is 0 Å². The quantitative estimate of drug-likeness (QED) is 0.856. The highest BCUT2D eigenvalue weighted by atomic mass is 32.1. The molecule has 5 nitrogen and oxygen atoms in total. The standard InChI is InChI=1S/C16H20N2O3S/c1-11(10-12-6-5-9-22-12)17-16(19)18-13-7-4-8-14(20-2)15(13)21-3/h4-9,11H,10H2,1-3H3,(H2,17,18,19)/t11-/m1/s1. The summed E-state index contributed by atoms with van der Waals surface area (Å²) in [6, 6.07) is 9.18. The Morgan fingerprint density at radius 2 is 2.05 bits per heavy atom. The third-order valence-corrected chi connectivity index (χ3v) is 4.01. The number of carbonyl (C=O) groups is 1. The van der Waals surface area contributed by atoms with Crippen LogP contribution in [0.15, 0.2) is 35.7 Å². The monoisotopic (exact) mass is 320 g/mol. The summed E-state index contributed by atoms with van der Waals surface area (Å²) in [4.78, 5) is 13.3. The van der Waals surface area contributed by atoms with Gasteiger partial charge in [-0.15, -0.1) is 11.3 Å². The highest BCUT2D eigenvalue weighted by molar-refractivity contribution is 7.09. The van der Waals surface area contributed by atoms with Crippen molar-refractivity contribution in [1.82, 2.24) is 5.32 Å². The van der Waals surface area contributed by atoms with Gasteiger partial charge in [0.2, 0.25) is 0 Å². The largest absolute Gasteiger partial charge is 0.493 e. The predicted octanol–water partition coefficient (Wildman–Crippen LogP) is 3.52. The van der Waals surface area contributed by atoms with Gasteiger partial charge < -0.3 is 20.1 Å². The van der Waals surface area contributed by atoms with E-state index in [1.165, 1.54) is 4.88 Å². The first-order chi connectivity index (χ1) is 10.6. The number of anilines is 1. The number of hydrogen-bond donors (Lipinski definition) is 2. The van der Waals surface area contributed by atoms with E-state index < -0.39 is 0 Å². The molecule has 2 amide bonds. The number of urea groups is 1. The highest BCUT2D eigenvalue weighted by Crippen LogP contribution is 2.34. The van der Waals surface area contributed by atoms with Crippen LogP contribution in [-0.4, -0.2) is 26.3 Å². The number of carbonyl (C=O) groups excluding carboxylic acids is 1. The molecule has 2 N–H and O–H groups in total. The Morgan fingerprint density at radius 1 is 1.23 bits per heavy atom. The van der Waals surface area contributed by atoms with Crippen molar-refractivity contribution >= 4 is 23.1 Å². The molecule has 0 saturated carbocycles. The topological polar surface area (TPSA) is 59.6 Å². The number of hydrogen-bond acceptors (Lipinski definition) is 4. The van der Waals surface area contributed by atoms with Crippen LogP contribution in [0.3, 0.4) is 0 Å². The van der Waals surface area contributed by atoms with E-state index in [0.29, 0.717) is 17.2 Å². The molecule has 0 saturated heterocycles. The maximum Gasteiger partial charge on any atom is 0.319 e. The Kier molecular flexibility index (Phi) is 5.66. The van der Waals surface area contributed by atoms with Crippen LogP contribution in [0.2, 0.25) is 0 Å². The third-order valence-electron chi connectivity index (χ3n) is 3.12. The molecule has 0 radical (unpaired) electrons. The van der Waals surface area contributed by atoms with E-state index >= 15 is 0 Å². The number of benzene rings is 1. The minimum atomic E-state index is -0.268. The molecular formula is C16H20N2O3S. The molecule has 6 heteroatoms. The number of ether oxygens (including phenoxy) is 2. The zero-order valence-corrected chi connectivity index (χ0v) is 13.7. The molecule has 1 heterocycles. The number of amides is 2. The average molecular weight is 320 g/mol. The van der Waals surface area contributed by atoms with Gasteiger partial charge in [0.15, 0.2) is 11.5 Å².